The SMILES string of the molecule is O=C1/C(=C/c2ccc(Br)cc2F)Cc2ccccc21. The van der Waals surface area contributed by atoms with Crippen LogP contribution in [0.4, 0.5) is 4.39 Å². The van der Waals surface area contributed by atoms with Gasteiger partial charge < -0.3 is 0 Å². The molecule has 0 spiro atoms. The Kier molecular flexibility index (Phi) is 3.07. The zero-order valence-electron chi connectivity index (χ0n) is 9.99. The van der Waals surface area contributed by atoms with E-state index >= 15 is 0 Å². The van der Waals surface area contributed by atoms with Crippen LogP contribution >= 0.6 is 15.9 Å². The standard InChI is InChI=1S/C16H10BrFO/c17-13-6-5-11(15(18)9-13)8-12-7-10-3-1-2-4-14(10)16(12)19/h1-6,8-9H,7H2/b12-8+. The van der Waals surface area contributed by atoms with Crippen molar-refractivity contribution in [3.05, 3.63) is 75.0 Å². The number of rotatable bonds is 1. The summed E-state index contributed by atoms with van der Waals surface area (Å²) >= 11 is 3.22. The molecule has 3 heteroatoms. The fraction of sp³-hybridized carbons (Fsp3) is 0.0625. The van der Waals surface area contributed by atoms with Gasteiger partial charge in [0, 0.05) is 27.6 Å². The zero-order chi connectivity index (χ0) is 13.4. The Hall–Kier alpha value is -1.74. The number of halogens is 2. The van der Waals surface area contributed by atoms with Gasteiger partial charge in [0.15, 0.2) is 5.78 Å². The Labute approximate surface area is 118 Å². The van der Waals surface area contributed by atoms with Gasteiger partial charge in [0.05, 0.1) is 0 Å². The second-order valence-corrected chi connectivity index (χ2v) is 5.41. The second-order valence-electron chi connectivity index (χ2n) is 4.50. The van der Waals surface area contributed by atoms with Crippen LogP contribution in [0.3, 0.4) is 0 Å². The van der Waals surface area contributed by atoms with Gasteiger partial charge in [-0.1, -0.05) is 46.3 Å². The molecule has 2 aromatic rings. The number of benzene rings is 2. The van der Waals surface area contributed by atoms with E-state index in [2.05, 4.69) is 15.9 Å². The number of ketones is 1. The molecule has 0 radical (unpaired) electrons. The molecular formula is C16H10BrFO. The quantitative estimate of drug-likeness (QED) is 0.712. The van der Waals surface area contributed by atoms with Gasteiger partial charge in [-0.25, -0.2) is 4.39 Å². The molecule has 1 aliphatic carbocycles. The summed E-state index contributed by atoms with van der Waals surface area (Å²) < 4.78 is 14.5. The summed E-state index contributed by atoms with van der Waals surface area (Å²) in [6.07, 6.45) is 2.22. The van der Waals surface area contributed by atoms with E-state index in [1.54, 1.807) is 18.2 Å². The lowest BCUT2D eigenvalue weighted by Crippen LogP contribution is -1.95. The molecule has 3 rings (SSSR count). The summed E-state index contributed by atoms with van der Waals surface area (Å²) in [6.45, 7) is 0. The highest BCUT2D eigenvalue weighted by molar-refractivity contribution is 9.10. The van der Waals surface area contributed by atoms with Gasteiger partial charge in [0.2, 0.25) is 0 Å². The molecule has 0 amide bonds. The first-order chi connectivity index (χ1) is 9.15. The van der Waals surface area contributed by atoms with Crippen LogP contribution in [0, 0.1) is 5.82 Å². The summed E-state index contributed by atoms with van der Waals surface area (Å²) in [6, 6.07) is 12.3. The summed E-state index contributed by atoms with van der Waals surface area (Å²) in [4.78, 5) is 12.2. The van der Waals surface area contributed by atoms with Crippen molar-refractivity contribution < 1.29 is 9.18 Å². The van der Waals surface area contributed by atoms with E-state index < -0.39 is 0 Å². The zero-order valence-corrected chi connectivity index (χ0v) is 11.6. The minimum atomic E-state index is -0.328. The lowest BCUT2D eigenvalue weighted by molar-refractivity contribution is 0.104. The highest BCUT2D eigenvalue weighted by Gasteiger charge is 2.24. The molecule has 0 unspecified atom stereocenters. The summed E-state index contributed by atoms with van der Waals surface area (Å²) in [5.41, 5.74) is 2.82. The van der Waals surface area contributed by atoms with Gasteiger partial charge in [0.25, 0.3) is 0 Å². The van der Waals surface area contributed by atoms with E-state index in [0.29, 0.717) is 22.0 Å². The molecule has 2 aromatic carbocycles. The highest BCUT2D eigenvalue weighted by atomic mass is 79.9. The third-order valence-electron chi connectivity index (χ3n) is 3.23. The topological polar surface area (TPSA) is 17.1 Å². The Balaban J connectivity index is 2.01. The molecule has 0 fully saturated rings. The third kappa shape index (κ3) is 2.26. The molecule has 0 aliphatic heterocycles. The van der Waals surface area contributed by atoms with E-state index in [-0.39, 0.29) is 11.6 Å². The monoisotopic (exact) mass is 316 g/mol. The van der Waals surface area contributed by atoms with Gasteiger partial charge in [-0.3, -0.25) is 4.79 Å². The van der Waals surface area contributed by atoms with E-state index in [0.717, 1.165) is 11.1 Å². The van der Waals surface area contributed by atoms with Gasteiger partial charge in [0.1, 0.15) is 5.82 Å². The molecule has 94 valence electrons. The van der Waals surface area contributed by atoms with Crippen LogP contribution in [0.15, 0.2) is 52.5 Å². The van der Waals surface area contributed by atoms with E-state index in [1.807, 2.05) is 24.3 Å². The first-order valence-electron chi connectivity index (χ1n) is 5.93. The van der Waals surface area contributed by atoms with Crippen molar-refractivity contribution in [1.82, 2.24) is 0 Å². The number of fused-ring (bicyclic) bond motifs is 1. The van der Waals surface area contributed by atoms with Gasteiger partial charge >= 0.3 is 0 Å². The van der Waals surface area contributed by atoms with Gasteiger partial charge in [-0.05, 0) is 23.8 Å². The van der Waals surface area contributed by atoms with Crippen LogP contribution in [0.5, 0.6) is 0 Å². The highest BCUT2D eigenvalue weighted by Crippen LogP contribution is 2.28. The maximum Gasteiger partial charge on any atom is 0.189 e. The largest absolute Gasteiger partial charge is 0.289 e. The van der Waals surface area contributed by atoms with Crippen LogP contribution in [-0.4, -0.2) is 5.78 Å². The van der Waals surface area contributed by atoms with Crippen molar-refractivity contribution in [1.29, 1.82) is 0 Å². The third-order valence-corrected chi connectivity index (χ3v) is 3.72. The fourth-order valence-electron chi connectivity index (χ4n) is 2.28. The molecular weight excluding hydrogens is 307 g/mol. The number of carbonyl (C=O) groups is 1. The fourth-order valence-corrected chi connectivity index (χ4v) is 2.61. The lowest BCUT2D eigenvalue weighted by Gasteiger charge is -2.00. The van der Waals surface area contributed by atoms with Crippen LogP contribution in [-0.2, 0) is 6.42 Å². The summed E-state index contributed by atoms with van der Waals surface area (Å²) in [5, 5.41) is 0. The average molecular weight is 317 g/mol. The number of Topliss-reactive ketones (excluding diaryl/α,β-unsaturated/α-hetero) is 1. The number of carbonyl (C=O) groups excluding carboxylic acids is 1. The van der Waals surface area contributed by atoms with Crippen molar-refractivity contribution in [2.75, 3.05) is 0 Å². The number of hydrogen-bond donors (Lipinski definition) is 0. The molecule has 0 aromatic heterocycles. The maximum atomic E-state index is 13.8. The van der Waals surface area contributed by atoms with Gasteiger partial charge in [-0.15, -0.1) is 0 Å². The maximum absolute atomic E-state index is 13.8. The van der Waals surface area contributed by atoms with Crippen molar-refractivity contribution in [2.24, 2.45) is 0 Å². The second kappa shape index (κ2) is 4.74. The van der Waals surface area contributed by atoms with Crippen LogP contribution in [0.25, 0.3) is 6.08 Å². The minimum absolute atomic E-state index is 0.00193. The van der Waals surface area contributed by atoms with Crippen molar-refractivity contribution in [3.8, 4) is 0 Å². The molecule has 0 saturated carbocycles. The predicted octanol–water partition coefficient (Wildman–Crippen LogP) is 4.41. The Morgan fingerprint density at radius 1 is 1.16 bits per heavy atom. The van der Waals surface area contributed by atoms with Crippen molar-refractivity contribution >= 4 is 27.8 Å². The van der Waals surface area contributed by atoms with Crippen LogP contribution in [0.2, 0.25) is 0 Å². The smallest absolute Gasteiger partial charge is 0.189 e. The Morgan fingerprint density at radius 2 is 1.95 bits per heavy atom. The lowest BCUT2D eigenvalue weighted by atomic mass is 10.1. The molecule has 0 N–H and O–H groups in total. The van der Waals surface area contributed by atoms with Crippen LogP contribution in [0.1, 0.15) is 21.5 Å². The Bertz CT molecular complexity index is 704. The summed E-state index contributed by atoms with van der Waals surface area (Å²) in [7, 11) is 0. The molecule has 0 heterocycles. The van der Waals surface area contributed by atoms with E-state index in [4.69, 9.17) is 0 Å². The predicted molar refractivity (Wildman–Crippen MR) is 76.6 cm³/mol. The molecule has 0 atom stereocenters. The molecule has 0 bridgehead atoms. The molecule has 1 nitrogen and oxygen atoms in total. The Morgan fingerprint density at radius 3 is 2.68 bits per heavy atom. The molecule has 0 saturated heterocycles. The molecule has 19 heavy (non-hydrogen) atoms. The first kappa shape index (κ1) is 12.3. The number of hydrogen-bond acceptors (Lipinski definition) is 1. The van der Waals surface area contributed by atoms with E-state index in [9.17, 15) is 9.18 Å². The summed E-state index contributed by atoms with van der Waals surface area (Å²) in [5.74, 6) is -0.330. The number of allylic oxidation sites excluding steroid dienone is 1. The van der Waals surface area contributed by atoms with E-state index in [1.165, 1.54) is 6.07 Å². The first-order valence-corrected chi connectivity index (χ1v) is 6.72. The van der Waals surface area contributed by atoms with Crippen molar-refractivity contribution in [3.63, 3.8) is 0 Å². The van der Waals surface area contributed by atoms with Gasteiger partial charge in [-0.2, -0.15) is 0 Å². The average Bonchev–Trinajstić information content (AvgIpc) is 2.70. The normalized spacial score (nSPS) is 15.9. The van der Waals surface area contributed by atoms with Crippen LogP contribution < -0.4 is 0 Å². The minimum Gasteiger partial charge on any atom is -0.289 e. The molecule has 1 aliphatic rings. The van der Waals surface area contributed by atoms with Crippen molar-refractivity contribution in [2.45, 2.75) is 6.42 Å².